The summed E-state index contributed by atoms with van der Waals surface area (Å²) < 4.78 is 19.4. The lowest BCUT2D eigenvalue weighted by Crippen LogP contribution is -2.13. The molecule has 0 saturated heterocycles. The van der Waals surface area contributed by atoms with Gasteiger partial charge in [-0.05, 0) is 75.4 Å². The van der Waals surface area contributed by atoms with Crippen molar-refractivity contribution >= 4 is 22.5 Å². The maximum atomic E-state index is 13.7. The molecule has 4 aromatic rings. The molecule has 0 aliphatic rings. The Morgan fingerprint density at radius 2 is 1.53 bits per heavy atom. The van der Waals surface area contributed by atoms with E-state index in [1.54, 1.807) is 43.3 Å². The van der Waals surface area contributed by atoms with E-state index in [4.69, 9.17) is 4.74 Å². The molecule has 0 unspecified atom stereocenters. The highest BCUT2D eigenvalue weighted by atomic mass is 19.1. The van der Waals surface area contributed by atoms with E-state index >= 15 is 0 Å². The van der Waals surface area contributed by atoms with E-state index in [0.717, 1.165) is 11.4 Å². The first-order valence-corrected chi connectivity index (χ1v) is 9.36. The van der Waals surface area contributed by atoms with E-state index in [9.17, 15) is 9.18 Å². The van der Waals surface area contributed by atoms with Crippen molar-refractivity contribution in [3.05, 3.63) is 83.1 Å². The Morgan fingerprint density at radius 3 is 2.23 bits per heavy atom. The number of rotatable bonds is 4. The van der Waals surface area contributed by atoms with Crippen LogP contribution in [0, 0.1) is 26.6 Å². The van der Waals surface area contributed by atoms with Gasteiger partial charge in [0.05, 0.1) is 11.1 Å². The third-order valence-electron chi connectivity index (χ3n) is 4.43. The van der Waals surface area contributed by atoms with Crippen molar-refractivity contribution in [2.75, 3.05) is 5.32 Å². The van der Waals surface area contributed by atoms with Crippen molar-refractivity contribution in [1.29, 1.82) is 0 Å². The zero-order valence-electron chi connectivity index (χ0n) is 16.7. The van der Waals surface area contributed by atoms with Gasteiger partial charge < -0.3 is 10.1 Å². The van der Waals surface area contributed by atoms with Crippen LogP contribution in [0.2, 0.25) is 0 Å². The number of carbonyl (C=O) groups is 1. The molecule has 0 spiro atoms. The highest BCUT2D eigenvalue weighted by Gasteiger charge is 2.13. The summed E-state index contributed by atoms with van der Waals surface area (Å²) in [7, 11) is 0. The van der Waals surface area contributed by atoms with Crippen LogP contribution < -0.4 is 10.1 Å². The number of hydrogen-bond acceptors (Lipinski definition) is 5. The Kier molecular flexibility index (Phi) is 5.10. The number of aryl methyl sites for hydroxylation is 3. The quantitative estimate of drug-likeness (QED) is 0.512. The number of anilines is 1. The summed E-state index contributed by atoms with van der Waals surface area (Å²) in [5.74, 6) is -0.218. The third kappa shape index (κ3) is 4.25. The van der Waals surface area contributed by atoms with Gasteiger partial charge in [0.15, 0.2) is 0 Å². The van der Waals surface area contributed by atoms with Gasteiger partial charge >= 0.3 is 6.01 Å². The average molecular weight is 402 g/mol. The van der Waals surface area contributed by atoms with E-state index in [0.29, 0.717) is 33.6 Å². The third-order valence-corrected chi connectivity index (χ3v) is 4.43. The SMILES string of the molecule is Cc1cc(C)nc(Oc2ccc(NC(=O)c3cc(C)nc4ccc(F)cc34)cc2)n1. The number of aromatic nitrogens is 3. The predicted molar refractivity (Wildman–Crippen MR) is 112 cm³/mol. The molecule has 30 heavy (non-hydrogen) atoms. The number of halogens is 1. The second-order valence-electron chi connectivity index (χ2n) is 6.99. The first-order chi connectivity index (χ1) is 14.4. The number of nitrogens with one attached hydrogen (secondary N) is 1. The largest absolute Gasteiger partial charge is 0.424 e. The van der Waals surface area contributed by atoms with Crippen LogP contribution in [0.3, 0.4) is 0 Å². The summed E-state index contributed by atoms with van der Waals surface area (Å²) in [4.78, 5) is 25.7. The van der Waals surface area contributed by atoms with Gasteiger partial charge in [-0.2, -0.15) is 0 Å². The van der Waals surface area contributed by atoms with E-state index in [1.165, 1.54) is 12.1 Å². The second-order valence-corrected chi connectivity index (χ2v) is 6.99. The monoisotopic (exact) mass is 402 g/mol. The molecule has 6 nitrogen and oxygen atoms in total. The minimum atomic E-state index is -0.419. The number of pyridine rings is 1. The normalized spacial score (nSPS) is 10.8. The number of ether oxygens (including phenoxy) is 1. The van der Waals surface area contributed by atoms with Crippen molar-refractivity contribution in [3.63, 3.8) is 0 Å². The molecule has 0 atom stereocenters. The summed E-state index contributed by atoms with van der Waals surface area (Å²) in [5.41, 5.74) is 3.82. The molecule has 7 heteroatoms. The molecule has 4 rings (SSSR count). The molecule has 1 amide bonds. The van der Waals surface area contributed by atoms with Crippen molar-refractivity contribution in [1.82, 2.24) is 15.0 Å². The Morgan fingerprint density at radius 1 is 0.867 bits per heavy atom. The van der Waals surface area contributed by atoms with E-state index < -0.39 is 5.82 Å². The molecule has 0 radical (unpaired) electrons. The number of amides is 1. The number of benzene rings is 2. The molecular weight excluding hydrogens is 383 g/mol. The minimum Gasteiger partial charge on any atom is -0.424 e. The van der Waals surface area contributed by atoms with Crippen LogP contribution in [-0.2, 0) is 0 Å². The molecular formula is C23H19FN4O2. The van der Waals surface area contributed by atoms with Crippen molar-refractivity contribution in [2.45, 2.75) is 20.8 Å². The minimum absolute atomic E-state index is 0.269. The molecule has 2 aromatic heterocycles. The topological polar surface area (TPSA) is 77.0 Å². The lowest BCUT2D eigenvalue weighted by molar-refractivity contribution is 0.102. The molecule has 0 aliphatic heterocycles. The zero-order valence-corrected chi connectivity index (χ0v) is 16.7. The predicted octanol–water partition coefficient (Wildman–Crippen LogP) is 5.13. The Balaban J connectivity index is 1.54. The highest BCUT2D eigenvalue weighted by Crippen LogP contribution is 2.23. The number of fused-ring (bicyclic) bond motifs is 1. The zero-order chi connectivity index (χ0) is 21.3. The van der Waals surface area contributed by atoms with Gasteiger partial charge in [0, 0.05) is 28.2 Å². The van der Waals surface area contributed by atoms with Gasteiger partial charge in [-0.25, -0.2) is 14.4 Å². The highest BCUT2D eigenvalue weighted by molar-refractivity contribution is 6.12. The number of hydrogen-bond donors (Lipinski definition) is 1. The molecule has 0 saturated carbocycles. The van der Waals surface area contributed by atoms with Crippen LogP contribution in [0.15, 0.2) is 54.6 Å². The van der Waals surface area contributed by atoms with Crippen molar-refractivity contribution < 1.29 is 13.9 Å². The molecule has 2 heterocycles. The van der Waals surface area contributed by atoms with E-state index in [1.807, 2.05) is 19.9 Å². The van der Waals surface area contributed by atoms with Crippen LogP contribution in [0.25, 0.3) is 10.9 Å². The van der Waals surface area contributed by atoms with E-state index in [2.05, 4.69) is 20.3 Å². The summed E-state index contributed by atoms with van der Waals surface area (Å²) >= 11 is 0. The van der Waals surface area contributed by atoms with Gasteiger partial charge in [-0.1, -0.05) is 0 Å². The fraction of sp³-hybridized carbons (Fsp3) is 0.130. The average Bonchev–Trinajstić information content (AvgIpc) is 2.68. The first kappa shape index (κ1) is 19.4. The lowest BCUT2D eigenvalue weighted by Gasteiger charge is -2.10. The summed E-state index contributed by atoms with van der Waals surface area (Å²) in [6, 6.07) is 14.8. The molecule has 0 fully saturated rings. The maximum Gasteiger partial charge on any atom is 0.322 e. The van der Waals surface area contributed by atoms with Crippen molar-refractivity contribution in [3.8, 4) is 11.8 Å². The van der Waals surface area contributed by atoms with Crippen molar-refractivity contribution in [2.24, 2.45) is 0 Å². The van der Waals surface area contributed by atoms with Gasteiger partial charge in [-0.15, -0.1) is 0 Å². The van der Waals surface area contributed by atoms with Gasteiger partial charge in [0.2, 0.25) is 0 Å². The number of nitrogens with zero attached hydrogens (tertiary/aromatic N) is 3. The van der Waals surface area contributed by atoms with Crippen LogP contribution in [0.1, 0.15) is 27.4 Å². The fourth-order valence-electron chi connectivity index (χ4n) is 3.17. The van der Waals surface area contributed by atoms with Gasteiger partial charge in [0.1, 0.15) is 11.6 Å². The maximum absolute atomic E-state index is 13.7. The van der Waals surface area contributed by atoms with Crippen LogP contribution in [0.5, 0.6) is 11.8 Å². The molecule has 1 N–H and O–H groups in total. The first-order valence-electron chi connectivity index (χ1n) is 9.36. The second kappa shape index (κ2) is 7.87. The van der Waals surface area contributed by atoms with Crippen LogP contribution >= 0.6 is 0 Å². The fourth-order valence-corrected chi connectivity index (χ4v) is 3.17. The summed E-state index contributed by atoms with van der Waals surface area (Å²) in [6.07, 6.45) is 0. The van der Waals surface area contributed by atoms with Gasteiger partial charge in [-0.3, -0.25) is 9.78 Å². The molecule has 150 valence electrons. The Labute approximate surface area is 172 Å². The van der Waals surface area contributed by atoms with Crippen LogP contribution in [-0.4, -0.2) is 20.9 Å². The van der Waals surface area contributed by atoms with E-state index in [-0.39, 0.29) is 11.9 Å². The standard InChI is InChI=1S/C23H19FN4O2/c1-13-10-14(2)27-23(26-13)30-18-7-5-17(6-8-18)28-22(29)20-11-15(3)25-21-9-4-16(24)12-19(20)21/h4-12H,1-3H3,(H,28,29). The summed E-state index contributed by atoms with van der Waals surface area (Å²) in [6.45, 7) is 5.54. The molecule has 0 aliphatic carbocycles. The molecule has 0 bridgehead atoms. The van der Waals surface area contributed by atoms with Gasteiger partial charge in [0.25, 0.3) is 5.91 Å². The summed E-state index contributed by atoms with van der Waals surface area (Å²) in [5, 5.41) is 3.29. The van der Waals surface area contributed by atoms with Crippen LogP contribution in [0.4, 0.5) is 10.1 Å². The Hall–Kier alpha value is -3.87. The smallest absolute Gasteiger partial charge is 0.322 e. The lowest BCUT2D eigenvalue weighted by atomic mass is 10.1. The molecule has 2 aromatic carbocycles. The number of carbonyl (C=O) groups excluding carboxylic acids is 1. The Bertz CT molecular complexity index is 1240.